The van der Waals surface area contributed by atoms with Crippen LogP contribution in [0.1, 0.15) is 12.5 Å². The maximum Gasteiger partial charge on any atom is 0.401 e. The highest BCUT2D eigenvalue weighted by molar-refractivity contribution is 5.48. The molecule has 3 nitrogen and oxygen atoms in total. The number of piperazine rings is 1. The van der Waals surface area contributed by atoms with Crippen molar-refractivity contribution in [1.29, 1.82) is 0 Å². The van der Waals surface area contributed by atoms with Crippen molar-refractivity contribution in [2.24, 2.45) is 5.73 Å². The third-order valence-electron chi connectivity index (χ3n) is 3.63. The topological polar surface area (TPSA) is 32.5 Å². The molecule has 0 saturated carbocycles. The molecule has 6 heteroatoms. The molecule has 1 unspecified atom stereocenters. The Bertz CT molecular complexity index is 434. The first-order valence-corrected chi connectivity index (χ1v) is 7.22. The van der Waals surface area contributed by atoms with Gasteiger partial charge in [-0.15, -0.1) is 0 Å². The van der Waals surface area contributed by atoms with Crippen molar-refractivity contribution in [1.82, 2.24) is 4.90 Å². The van der Waals surface area contributed by atoms with Gasteiger partial charge in [0, 0.05) is 37.9 Å². The van der Waals surface area contributed by atoms with Crippen molar-refractivity contribution in [2.75, 3.05) is 37.6 Å². The van der Waals surface area contributed by atoms with E-state index in [1.54, 1.807) is 0 Å². The van der Waals surface area contributed by atoms with Crippen molar-refractivity contribution in [3.8, 4) is 0 Å². The number of rotatable bonds is 4. The molecule has 1 fully saturated rings. The van der Waals surface area contributed by atoms with Crippen LogP contribution >= 0.6 is 0 Å². The molecule has 1 aliphatic rings. The summed E-state index contributed by atoms with van der Waals surface area (Å²) in [5.74, 6) is 0. The van der Waals surface area contributed by atoms with Crippen LogP contribution < -0.4 is 10.6 Å². The molecular formula is C15H22F3N3. The van der Waals surface area contributed by atoms with E-state index >= 15 is 0 Å². The standard InChI is InChI=1S/C15H22F3N3/c1-12(19)10-13-2-4-14(5-3-13)21-8-6-20(7-9-21)11-15(16,17)18/h2-5,12H,6-11,19H2,1H3. The van der Waals surface area contributed by atoms with Crippen molar-refractivity contribution in [3.63, 3.8) is 0 Å². The monoisotopic (exact) mass is 301 g/mol. The van der Waals surface area contributed by atoms with E-state index < -0.39 is 12.7 Å². The fourth-order valence-corrected chi connectivity index (χ4v) is 2.63. The molecule has 118 valence electrons. The molecule has 0 radical (unpaired) electrons. The van der Waals surface area contributed by atoms with E-state index in [0.717, 1.165) is 12.1 Å². The van der Waals surface area contributed by atoms with Crippen molar-refractivity contribution in [2.45, 2.75) is 25.6 Å². The number of nitrogens with two attached hydrogens (primary N) is 1. The van der Waals surface area contributed by atoms with Crippen molar-refractivity contribution < 1.29 is 13.2 Å². The van der Waals surface area contributed by atoms with Gasteiger partial charge < -0.3 is 10.6 Å². The van der Waals surface area contributed by atoms with Crippen molar-refractivity contribution >= 4 is 5.69 Å². The van der Waals surface area contributed by atoms with Crippen LogP contribution in [0.15, 0.2) is 24.3 Å². The number of hydrogen-bond donors (Lipinski definition) is 1. The third-order valence-corrected chi connectivity index (χ3v) is 3.63. The van der Waals surface area contributed by atoms with Crippen LogP contribution in [0.5, 0.6) is 0 Å². The SMILES string of the molecule is CC(N)Cc1ccc(N2CCN(CC(F)(F)F)CC2)cc1. The molecule has 0 amide bonds. The predicted molar refractivity (Wildman–Crippen MR) is 78.5 cm³/mol. The number of halogens is 3. The molecule has 1 atom stereocenters. The zero-order chi connectivity index (χ0) is 15.5. The highest BCUT2D eigenvalue weighted by Crippen LogP contribution is 2.21. The molecule has 1 saturated heterocycles. The predicted octanol–water partition coefficient (Wildman–Crippen LogP) is 2.26. The summed E-state index contributed by atoms with van der Waals surface area (Å²) >= 11 is 0. The second kappa shape index (κ2) is 6.66. The number of benzene rings is 1. The maximum atomic E-state index is 12.3. The average molecular weight is 301 g/mol. The molecule has 1 aromatic rings. The highest BCUT2D eigenvalue weighted by Gasteiger charge is 2.32. The second-order valence-electron chi connectivity index (χ2n) is 5.73. The van der Waals surface area contributed by atoms with Gasteiger partial charge in [0.05, 0.1) is 6.54 Å². The molecule has 0 aromatic heterocycles. The first-order chi connectivity index (χ1) is 9.83. The van der Waals surface area contributed by atoms with E-state index in [1.807, 2.05) is 31.2 Å². The molecule has 0 spiro atoms. The molecular weight excluding hydrogens is 279 g/mol. The summed E-state index contributed by atoms with van der Waals surface area (Å²) in [6.07, 6.45) is -3.28. The van der Waals surface area contributed by atoms with Gasteiger partial charge in [-0.25, -0.2) is 0 Å². The summed E-state index contributed by atoms with van der Waals surface area (Å²) in [6, 6.07) is 8.26. The smallest absolute Gasteiger partial charge is 0.369 e. The molecule has 0 aliphatic carbocycles. The van der Waals surface area contributed by atoms with Crippen LogP contribution in [-0.2, 0) is 6.42 Å². The fourth-order valence-electron chi connectivity index (χ4n) is 2.63. The minimum Gasteiger partial charge on any atom is -0.369 e. The summed E-state index contributed by atoms with van der Waals surface area (Å²) in [5, 5.41) is 0. The summed E-state index contributed by atoms with van der Waals surface area (Å²) in [4.78, 5) is 3.59. The van der Waals surface area contributed by atoms with Gasteiger partial charge in [0.2, 0.25) is 0 Å². The Morgan fingerprint density at radius 1 is 1.10 bits per heavy atom. The number of alkyl halides is 3. The van der Waals surface area contributed by atoms with Crippen LogP contribution in [0, 0.1) is 0 Å². The van der Waals surface area contributed by atoms with Crippen LogP contribution in [0.4, 0.5) is 18.9 Å². The van der Waals surface area contributed by atoms with Gasteiger partial charge in [-0.1, -0.05) is 12.1 Å². The van der Waals surface area contributed by atoms with Crippen LogP contribution in [0.2, 0.25) is 0 Å². The van der Waals surface area contributed by atoms with Gasteiger partial charge in [-0.3, -0.25) is 4.90 Å². The van der Waals surface area contributed by atoms with Crippen molar-refractivity contribution in [3.05, 3.63) is 29.8 Å². The average Bonchev–Trinajstić information content (AvgIpc) is 2.38. The number of nitrogens with zero attached hydrogens (tertiary/aromatic N) is 2. The van der Waals surface area contributed by atoms with Crippen LogP contribution in [0.25, 0.3) is 0 Å². The summed E-state index contributed by atoms with van der Waals surface area (Å²) in [7, 11) is 0. The Morgan fingerprint density at radius 2 is 1.67 bits per heavy atom. The first-order valence-electron chi connectivity index (χ1n) is 7.22. The lowest BCUT2D eigenvalue weighted by atomic mass is 10.1. The lowest BCUT2D eigenvalue weighted by molar-refractivity contribution is -0.146. The molecule has 1 aromatic carbocycles. The minimum atomic E-state index is -4.11. The summed E-state index contributed by atoms with van der Waals surface area (Å²) in [5.41, 5.74) is 8.01. The maximum absolute atomic E-state index is 12.3. The zero-order valence-electron chi connectivity index (χ0n) is 12.2. The van der Waals surface area contributed by atoms with Crippen LogP contribution in [0.3, 0.4) is 0 Å². The lowest BCUT2D eigenvalue weighted by Gasteiger charge is -2.36. The first kappa shape index (κ1) is 16.1. The molecule has 1 aliphatic heterocycles. The van der Waals surface area contributed by atoms with E-state index in [9.17, 15) is 13.2 Å². The lowest BCUT2D eigenvalue weighted by Crippen LogP contribution is -2.49. The van der Waals surface area contributed by atoms with Gasteiger partial charge in [-0.05, 0) is 31.0 Å². The zero-order valence-corrected chi connectivity index (χ0v) is 12.2. The number of anilines is 1. The van der Waals surface area contributed by atoms with Gasteiger partial charge >= 0.3 is 6.18 Å². The molecule has 21 heavy (non-hydrogen) atoms. The van der Waals surface area contributed by atoms with E-state index in [0.29, 0.717) is 26.2 Å². The quantitative estimate of drug-likeness (QED) is 0.926. The minimum absolute atomic E-state index is 0.127. The van der Waals surface area contributed by atoms with E-state index in [4.69, 9.17) is 5.73 Å². The van der Waals surface area contributed by atoms with E-state index in [2.05, 4.69) is 4.90 Å². The van der Waals surface area contributed by atoms with Crippen LogP contribution in [-0.4, -0.2) is 49.8 Å². The van der Waals surface area contributed by atoms with E-state index in [-0.39, 0.29) is 6.04 Å². The second-order valence-corrected chi connectivity index (χ2v) is 5.73. The molecule has 2 N–H and O–H groups in total. The Morgan fingerprint density at radius 3 is 2.14 bits per heavy atom. The third kappa shape index (κ3) is 5.21. The number of hydrogen-bond acceptors (Lipinski definition) is 3. The molecule has 0 bridgehead atoms. The van der Waals surface area contributed by atoms with Gasteiger partial charge in [0.25, 0.3) is 0 Å². The van der Waals surface area contributed by atoms with Gasteiger partial charge in [-0.2, -0.15) is 13.2 Å². The highest BCUT2D eigenvalue weighted by atomic mass is 19.4. The normalized spacial score (nSPS) is 18.8. The van der Waals surface area contributed by atoms with Gasteiger partial charge in [0.15, 0.2) is 0 Å². The fraction of sp³-hybridized carbons (Fsp3) is 0.600. The molecule has 1 heterocycles. The Labute approximate surface area is 123 Å². The Hall–Kier alpha value is -1.27. The van der Waals surface area contributed by atoms with Gasteiger partial charge in [0.1, 0.15) is 0 Å². The molecule has 2 rings (SSSR count). The summed E-state index contributed by atoms with van der Waals surface area (Å²) in [6.45, 7) is 3.30. The Balaban J connectivity index is 1.87. The summed E-state index contributed by atoms with van der Waals surface area (Å²) < 4.78 is 37.0. The largest absolute Gasteiger partial charge is 0.401 e. The van der Waals surface area contributed by atoms with E-state index in [1.165, 1.54) is 10.5 Å². The Kier molecular flexibility index (Phi) is 5.11.